The zero-order valence-corrected chi connectivity index (χ0v) is 10.1. The normalized spacial score (nSPS) is 10.7. The number of halogens is 5. The topological polar surface area (TPSA) is 30.0 Å². The van der Waals surface area contributed by atoms with Gasteiger partial charge in [-0.15, -0.1) is 0 Å². The molecule has 1 rings (SSSR count). The van der Waals surface area contributed by atoms with Crippen LogP contribution in [0.15, 0.2) is 6.07 Å². The van der Waals surface area contributed by atoms with Crippen LogP contribution in [-0.2, 0) is 0 Å². The van der Waals surface area contributed by atoms with E-state index in [4.69, 9.17) is 23.2 Å². The Kier molecular flexibility index (Phi) is 4.03. The van der Waals surface area contributed by atoms with Gasteiger partial charge >= 0.3 is 0 Å². The molecule has 2 nitrogen and oxygen atoms in total. The van der Waals surface area contributed by atoms with Crippen LogP contribution in [0.3, 0.4) is 0 Å². The molecule has 1 heterocycles. The van der Waals surface area contributed by atoms with E-state index in [0.29, 0.717) is 3.57 Å². The van der Waals surface area contributed by atoms with E-state index in [2.05, 4.69) is 4.98 Å². The Morgan fingerprint density at radius 3 is 2.57 bits per heavy atom. The van der Waals surface area contributed by atoms with Gasteiger partial charge in [-0.2, -0.15) is 0 Å². The van der Waals surface area contributed by atoms with E-state index in [0.717, 1.165) is 0 Å². The number of hydrogen-bond acceptors (Lipinski definition) is 2. The van der Waals surface area contributed by atoms with Crippen molar-refractivity contribution in [3.05, 3.63) is 26.0 Å². The molecule has 1 aromatic rings. The van der Waals surface area contributed by atoms with E-state index >= 15 is 0 Å². The predicted molar refractivity (Wildman–Crippen MR) is 57.1 cm³/mol. The molecule has 0 spiro atoms. The summed E-state index contributed by atoms with van der Waals surface area (Å²) in [7, 11) is 0. The minimum Gasteiger partial charge on any atom is -0.274 e. The van der Waals surface area contributed by atoms with Crippen LogP contribution >= 0.6 is 45.8 Å². The van der Waals surface area contributed by atoms with Crippen LogP contribution in [-0.4, -0.2) is 10.2 Å². The minimum absolute atomic E-state index is 0.151. The van der Waals surface area contributed by atoms with Gasteiger partial charge in [-0.25, -0.2) is 13.8 Å². The maximum absolute atomic E-state index is 12.3. The molecule has 0 amide bonds. The third kappa shape index (κ3) is 2.52. The number of alkyl halides is 2. The van der Waals surface area contributed by atoms with Gasteiger partial charge in [0.25, 0.3) is 11.7 Å². The first-order valence-electron chi connectivity index (χ1n) is 3.27. The molecule has 0 saturated carbocycles. The van der Waals surface area contributed by atoms with Crippen molar-refractivity contribution in [1.82, 2.24) is 4.98 Å². The monoisotopic (exact) mass is 351 g/mol. The molecule has 0 aliphatic rings. The quantitative estimate of drug-likeness (QED) is 0.601. The Labute approximate surface area is 102 Å². The van der Waals surface area contributed by atoms with E-state index < -0.39 is 17.4 Å². The average Bonchev–Trinajstić information content (AvgIpc) is 2.08. The summed E-state index contributed by atoms with van der Waals surface area (Å²) in [5.74, 6) is 0. The minimum atomic E-state index is -2.83. The SMILES string of the molecule is O=C(Cl)c1cc(I)c(Cl)c(C(F)F)n1. The third-order valence-electron chi connectivity index (χ3n) is 1.35. The fraction of sp³-hybridized carbons (Fsp3) is 0.143. The summed E-state index contributed by atoms with van der Waals surface area (Å²) in [6.07, 6.45) is -2.83. The molecule has 7 heteroatoms. The second-order valence-corrected chi connectivity index (χ2v) is 4.15. The Morgan fingerprint density at radius 1 is 1.57 bits per heavy atom. The Morgan fingerprint density at radius 2 is 2.14 bits per heavy atom. The van der Waals surface area contributed by atoms with Gasteiger partial charge in [0.15, 0.2) is 0 Å². The molecule has 0 saturated heterocycles. The molecule has 0 atom stereocenters. The number of hydrogen-bond donors (Lipinski definition) is 0. The van der Waals surface area contributed by atoms with Gasteiger partial charge in [0, 0.05) is 3.57 Å². The Bertz CT molecular complexity index is 386. The zero-order valence-electron chi connectivity index (χ0n) is 6.40. The highest BCUT2D eigenvalue weighted by molar-refractivity contribution is 14.1. The van der Waals surface area contributed by atoms with E-state index in [1.807, 2.05) is 0 Å². The van der Waals surface area contributed by atoms with Crippen LogP contribution in [0.5, 0.6) is 0 Å². The molecule has 76 valence electrons. The number of nitrogens with zero attached hydrogens (tertiary/aromatic N) is 1. The van der Waals surface area contributed by atoms with E-state index in [1.165, 1.54) is 6.07 Å². The molecule has 0 aromatic carbocycles. The zero-order chi connectivity index (χ0) is 10.9. The summed E-state index contributed by atoms with van der Waals surface area (Å²) in [5, 5.41) is -1.04. The second kappa shape index (κ2) is 4.67. The molecule has 0 N–H and O–H groups in total. The highest BCUT2D eigenvalue weighted by Gasteiger charge is 2.19. The number of pyridine rings is 1. The summed E-state index contributed by atoms with van der Waals surface area (Å²) in [5.41, 5.74) is -0.849. The molecule has 14 heavy (non-hydrogen) atoms. The molecule has 0 radical (unpaired) electrons. The third-order valence-corrected chi connectivity index (χ3v) is 3.11. The summed E-state index contributed by atoms with van der Waals surface area (Å²) >= 11 is 12.4. The molecular weight excluding hydrogens is 350 g/mol. The fourth-order valence-corrected chi connectivity index (χ4v) is 1.61. The molecule has 0 aliphatic heterocycles. The number of carbonyl (C=O) groups excluding carboxylic acids is 1. The highest BCUT2D eigenvalue weighted by atomic mass is 127. The molecule has 0 aliphatic carbocycles. The smallest absolute Gasteiger partial charge is 0.274 e. The van der Waals surface area contributed by atoms with Crippen LogP contribution in [0.4, 0.5) is 8.78 Å². The van der Waals surface area contributed by atoms with E-state index in [-0.39, 0.29) is 10.7 Å². The summed E-state index contributed by atoms with van der Waals surface area (Å²) in [6.45, 7) is 0. The lowest BCUT2D eigenvalue weighted by Gasteiger charge is -2.05. The first-order chi connectivity index (χ1) is 6.43. The molecule has 0 bridgehead atoms. The van der Waals surface area contributed by atoms with Gasteiger partial charge in [-0.05, 0) is 40.3 Å². The van der Waals surface area contributed by atoms with Gasteiger partial charge in [-0.3, -0.25) is 4.79 Å². The van der Waals surface area contributed by atoms with Crippen molar-refractivity contribution in [2.24, 2.45) is 0 Å². The lowest BCUT2D eigenvalue weighted by Crippen LogP contribution is -2.02. The van der Waals surface area contributed by atoms with Crippen molar-refractivity contribution in [1.29, 1.82) is 0 Å². The van der Waals surface area contributed by atoms with Crippen LogP contribution in [0.25, 0.3) is 0 Å². The van der Waals surface area contributed by atoms with Crippen molar-refractivity contribution in [2.45, 2.75) is 6.43 Å². The lowest BCUT2D eigenvalue weighted by molar-refractivity contribution is 0.107. The Hall–Kier alpha value is -0.0100. The fourth-order valence-electron chi connectivity index (χ4n) is 0.762. The number of aromatic nitrogens is 1. The van der Waals surface area contributed by atoms with Crippen molar-refractivity contribution in [2.75, 3.05) is 0 Å². The van der Waals surface area contributed by atoms with Crippen molar-refractivity contribution >= 4 is 51.0 Å². The highest BCUT2D eigenvalue weighted by Crippen LogP contribution is 2.29. The van der Waals surface area contributed by atoms with Gasteiger partial charge in [0.05, 0.1) is 5.02 Å². The van der Waals surface area contributed by atoms with Gasteiger partial charge in [-0.1, -0.05) is 11.6 Å². The van der Waals surface area contributed by atoms with Crippen molar-refractivity contribution in [3.8, 4) is 0 Å². The summed E-state index contributed by atoms with van der Waals surface area (Å²) in [6, 6.07) is 1.25. The van der Waals surface area contributed by atoms with Crippen LogP contribution in [0, 0.1) is 3.57 Å². The van der Waals surface area contributed by atoms with Crippen LogP contribution in [0.1, 0.15) is 22.6 Å². The standard InChI is InChI=1S/C7H2Cl2F2INO/c8-4-2(12)1-3(6(9)14)13-5(4)7(10)11/h1,7H. The Balaban J connectivity index is 3.35. The van der Waals surface area contributed by atoms with E-state index in [1.54, 1.807) is 22.6 Å². The average molecular weight is 352 g/mol. The summed E-state index contributed by atoms with van der Waals surface area (Å²) < 4.78 is 25.0. The number of carbonyl (C=O) groups is 1. The molecule has 0 unspecified atom stereocenters. The van der Waals surface area contributed by atoms with E-state index in [9.17, 15) is 13.6 Å². The van der Waals surface area contributed by atoms with Crippen LogP contribution in [0.2, 0.25) is 5.02 Å². The van der Waals surface area contributed by atoms with Crippen molar-refractivity contribution in [3.63, 3.8) is 0 Å². The van der Waals surface area contributed by atoms with Crippen LogP contribution < -0.4 is 0 Å². The molecule has 1 aromatic heterocycles. The molecular formula is C7H2Cl2F2INO. The number of rotatable bonds is 2. The lowest BCUT2D eigenvalue weighted by atomic mass is 10.3. The maximum atomic E-state index is 12.3. The maximum Gasteiger partial charge on any atom is 0.281 e. The van der Waals surface area contributed by atoms with Gasteiger partial charge in [0.1, 0.15) is 11.4 Å². The predicted octanol–water partition coefficient (Wildman–Crippen LogP) is 3.66. The van der Waals surface area contributed by atoms with Crippen molar-refractivity contribution < 1.29 is 13.6 Å². The second-order valence-electron chi connectivity index (χ2n) is 2.26. The first-order valence-corrected chi connectivity index (χ1v) is 5.11. The van der Waals surface area contributed by atoms with Gasteiger partial charge < -0.3 is 0 Å². The molecule has 0 fully saturated rings. The first kappa shape index (κ1) is 12.1. The van der Waals surface area contributed by atoms with Gasteiger partial charge in [0.2, 0.25) is 0 Å². The largest absolute Gasteiger partial charge is 0.281 e. The summed E-state index contributed by atoms with van der Waals surface area (Å²) in [4.78, 5) is 14.1.